The van der Waals surface area contributed by atoms with Crippen molar-refractivity contribution in [1.29, 1.82) is 0 Å². The molecule has 2 atom stereocenters. The fourth-order valence-electron chi connectivity index (χ4n) is 0.617. The zero-order valence-corrected chi connectivity index (χ0v) is 11.2. The lowest BCUT2D eigenvalue weighted by Crippen LogP contribution is -2.26. The van der Waals surface area contributed by atoms with E-state index < -0.39 is 10.4 Å². The second kappa shape index (κ2) is 5.82. The van der Waals surface area contributed by atoms with Crippen LogP contribution < -0.4 is 0 Å². The van der Waals surface area contributed by atoms with Crippen molar-refractivity contribution in [3.8, 4) is 0 Å². The molecule has 0 spiro atoms. The minimum absolute atomic E-state index is 0.137. The lowest BCUT2D eigenvalue weighted by atomic mass is 10.1. The monoisotopic (exact) mass is 238 g/mol. The van der Waals surface area contributed by atoms with Crippen LogP contribution in [0.4, 0.5) is 0 Å². The molecule has 92 valence electrons. The molecule has 0 aromatic rings. The maximum Gasteiger partial charge on any atom is 0.400 e. The minimum atomic E-state index is -3.87. The summed E-state index contributed by atoms with van der Waals surface area (Å²) in [4.78, 5) is 0. The van der Waals surface area contributed by atoms with Crippen molar-refractivity contribution in [3.63, 3.8) is 0 Å². The van der Waals surface area contributed by atoms with Gasteiger partial charge >= 0.3 is 10.4 Å². The van der Waals surface area contributed by atoms with Crippen LogP contribution in [0.25, 0.3) is 0 Å². The van der Waals surface area contributed by atoms with Gasteiger partial charge in [0.25, 0.3) is 0 Å². The van der Waals surface area contributed by atoms with Crippen LogP contribution in [-0.2, 0) is 18.8 Å². The third-order valence-electron chi connectivity index (χ3n) is 2.42. The maximum atomic E-state index is 11.4. The molecule has 2 unspecified atom stereocenters. The highest BCUT2D eigenvalue weighted by atomic mass is 32.3. The van der Waals surface area contributed by atoms with Gasteiger partial charge in [-0.3, -0.25) is 0 Å². The zero-order valence-electron chi connectivity index (χ0n) is 10.4. The maximum absolute atomic E-state index is 11.4. The number of hydrogen-bond acceptors (Lipinski definition) is 4. The van der Waals surface area contributed by atoms with Crippen LogP contribution in [-0.4, -0.2) is 20.6 Å². The first-order valence-corrected chi connectivity index (χ1v) is 6.60. The lowest BCUT2D eigenvalue weighted by Gasteiger charge is -2.19. The molecular weight excluding hydrogens is 216 g/mol. The molecular formula is C10H22O4S. The molecule has 0 saturated heterocycles. The Labute approximate surface area is 93.3 Å². The van der Waals surface area contributed by atoms with E-state index in [0.29, 0.717) is 0 Å². The second-order valence-corrected chi connectivity index (χ2v) is 5.70. The Bertz CT molecular complexity index is 247. The Balaban J connectivity index is 4.32. The first-order valence-electron chi connectivity index (χ1n) is 5.27. The molecule has 0 N–H and O–H groups in total. The first kappa shape index (κ1) is 14.9. The predicted molar refractivity (Wildman–Crippen MR) is 59.7 cm³/mol. The fraction of sp³-hybridized carbons (Fsp3) is 1.00. The smallest absolute Gasteiger partial charge is 0.245 e. The van der Waals surface area contributed by atoms with Crippen LogP contribution in [0.3, 0.4) is 0 Å². The van der Waals surface area contributed by atoms with Crippen molar-refractivity contribution >= 4 is 10.4 Å². The first-order chi connectivity index (χ1) is 6.65. The van der Waals surface area contributed by atoms with Gasteiger partial charge in [0.1, 0.15) is 0 Å². The van der Waals surface area contributed by atoms with Gasteiger partial charge in [0.15, 0.2) is 0 Å². The van der Waals surface area contributed by atoms with E-state index in [9.17, 15) is 8.42 Å². The van der Waals surface area contributed by atoms with Gasteiger partial charge < -0.3 is 0 Å². The van der Waals surface area contributed by atoms with Crippen molar-refractivity contribution in [2.75, 3.05) is 0 Å². The Hall–Kier alpha value is -0.130. The summed E-state index contributed by atoms with van der Waals surface area (Å²) < 4.78 is 32.6. The van der Waals surface area contributed by atoms with Crippen molar-refractivity contribution in [2.45, 2.75) is 53.8 Å². The van der Waals surface area contributed by atoms with E-state index in [4.69, 9.17) is 8.37 Å². The van der Waals surface area contributed by atoms with Gasteiger partial charge in [0.2, 0.25) is 0 Å². The normalized spacial score (nSPS) is 17.1. The minimum Gasteiger partial charge on any atom is -0.245 e. The molecule has 0 amide bonds. The van der Waals surface area contributed by atoms with Gasteiger partial charge in [0, 0.05) is 0 Å². The summed E-state index contributed by atoms with van der Waals surface area (Å²) in [5, 5.41) is 0. The summed E-state index contributed by atoms with van der Waals surface area (Å²) in [6.07, 6.45) is -0.733. The molecule has 0 aromatic heterocycles. The molecule has 0 saturated carbocycles. The molecule has 4 nitrogen and oxygen atoms in total. The predicted octanol–water partition coefficient (Wildman–Crippen LogP) is 2.35. The van der Waals surface area contributed by atoms with Crippen molar-refractivity contribution in [3.05, 3.63) is 0 Å². The van der Waals surface area contributed by atoms with E-state index >= 15 is 0 Å². The van der Waals surface area contributed by atoms with E-state index in [1.807, 2.05) is 27.7 Å². The average Bonchev–Trinajstić information content (AvgIpc) is 2.01. The van der Waals surface area contributed by atoms with Crippen LogP contribution in [0.15, 0.2) is 0 Å². The summed E-state index contributed by atoms with van der Waals surface area (Å²) in [5.41, 5.74) is 0. The summed E-state index contributed by atoms with van der Waals surface area (Å²) in [7, 11) is -3.87. The van der Waals surface area contributed by atoms with Crippen LogP contribution in [0.5, 0.6) is 0 Å². The molecule has 0 aliphatic heterocycles. The summed E-state index contributed by atoms with van der Waals surface area (Å²) >= 11 is 0. The van der Waals surface area contributed by atoms with Crippen molar-refractivity contribution < 1.29 is 16.8 Å². The zero-order chi connectivity index (χ0) is 12.2. The summed E-state index contributed by atoms with van der Waals surface area (Å²) in [6.45, 7) is 11.0. The van der Waals surface area contributed by atoms with E-state index in [0.717, 1.165) is 0 Å². The standard InChI is InChI=1S/C10H22O4S/c1-7(2)9(5)13-15(11,12)14-10(6)8(3)4/h7-10H,1-6H3. The van der Waals surface area contributed by atoms with E-state index in [1.54, 1.807) is 13.8 Å². The molecule has 0 aromatic carbocycles. The fourth-order valence-corrected chi connectivity index (χ4v) is 1.85. The third-order valence-corrected chi connectivity index (χ3v) is 3.50. The molecule has 15 heavy (non-hydrogen) atoms. The van der Waals surface area contributed by atoms with E-state index in [-0.39, 0.29) is 24.0 Å². The van der Waals surface area contributed by atoms with Gasteiger partial charge in [0.05, 0.1) is 12.2 Å². The van der Waals surface area contributed by atoms with Gasteiger partial charge in [-0.2, -0.15) is 8.42 Å². The lowest BCUT2D eigenvalue weighted by molar-refractivity contribution is 0.0983. The Morgan fingerprint density at radius 1 is 0.733 bits per heavy atom. The highest BCUT2D eigenvalue weighted by molar-refractivity contribution is 7.81. The Morgan fingerprint density at radius 2 is 1.00 bits per heavy atom. The quantitative estimate of drug-likeness (QED) is 0.712. The average molecular weight is 238 g/mol. The highest BCUT2D eigenvalue weighted by Gasteiger charge is 2.23. The van der Waals surface area contributed by atoms with Gasteiger partial charge in [-0.1, -0.05) is 27.7 Å². The van der Waals surface area contributed by atoms with Gasteiger partial charge in [-0.15, -0.1) is 0 Å². The number of hydrogen-bond donors (Lipinski definition) is 0. The second-order valence-electron chi connectivity index (χ2n) is 4.50. The van der Waals surface area contributed by atoms with Gasteiger partial charge in [-0.25, -0.2) is 8.37 Å². The molecule has 0 bridgehead atoms. The molecule has 5 heteroatoms. The van der Waals surface area contributed by atoms with Crippen LogP contribution in [0, 0.1) is 11.8 Å². The van der Waals surface area contributed by atoms with Crippen molar-refractivity contribution in [1.82, 2.24) is 0 Å². The molecule has 0 radical (unpaired) electrons. The van der Waals surface area contributed by atoms with Crippen LogP contribution in [0.2, 0.25) is 0 Å². The largest absolute Gasteiger partial charge is 0.400 e. The molecule has 0 rings (SSSR count). The highest BCUT2D eigenvalue weighted by Crippen LogP contribution is 2.14. The molecule has 0 aliphatic carbocycles. The Kier molecular flexibility index (Phi) is 5.77. The topological polar surface area (TPSA) is 52.6 Å². The van der Waals surface area contributed by atoms with E-state index in [2.05, 4.69) is 0 Å². The molecule has 0 aliphatic rings. The summed E-state index contributed by atoms with van der Waals surface area (Å²) in [6, 6.07) is 0. The van der Waals surface area contributed by atoms with E-state index in [1.165, 1.54) is 0 Å². The van der Waals surface area contributed by atoms with Gasteiger partial charge in [-0.05, 0) is 25.7 Å². The Morgan fingerprint density at radius 3 is 1.20 bits per heavy atom. The molecule has 0 heterocycles. The molecule has 0 fully saturated rings. The summed E-state index contributed by atoms with van der Waals surface area (Å²) in [5.74, 6) is 0.274. The third kappa shape index (κ3) is 6.12. The number of rotatable bonds is 6. The van der Waals surface area contributed by atoms with Crippen LogP contribution in [0.1, 0.15) is 41.5 Å². The SMILES string of the molecule is CC(C)C(C)OS(=O)(=O)OC(C)C(C)C. The van der Waals surface area contributed by atoms with Crippen molar-refractivity contribution in [2.24, 2.45) is 11.8 Å². The van der Waals surface area contributed by atoms with Crippen LogP contribution >= 0.6 is 0 Å².